The highest BCUT2D eigenvalue weighted by Crippen LogP contribution is 2.07. The van der Waals surface area contributed by atoms with Crippen LogP contribution in [0.1, 0.15) is 5.56 Å². The van der Waals surface area contributed by atoms with Gasteiger partial charge in [0.25, 0.3) is 0 Å². The maximum Gasteiger partial charge on any atom is 0.0929 e. The molecule has 0 aromatic carbocycles. The molecule has 1 fully saturated rings. The number of aromatic nitrogens is 1. The highest BCUT2D eigenvalue weighted by Gasteiger charge is 2.09. The maximum absolute atomic E-state index is 4.17. The first-order chi connectivity index (χ1) is 6.84. The van der Waals surface area contributed by atoms with Crippen LogP contribution in [-0.4, -0.2) is 36.1 Å². The number of rotatable bonds is 2. The average Bonchev–Trinajstić information content (AvgIpc) is 2.23. The van der Waals surface area contributed by atoms with Crippen LogP contribution in [0.5, 0.6) is 0 Å². The van der Waals surface area contributed by atoms with Crippen LogP contribution in [0, 0.1) is 0 Å². The second-order valence-corrected chi connectivity index (χ2v) is 4.01. The lowest BCUT2D eigenvalue weighted by atomic mass is 10.2. The molecule has 2 heterocycles. The molecule has 1 N–H and O–H groups in total. The maximum atomic E-state index is 4.17. The molecule has 1 saturated heterocycles. The standard InChI is InChI=1S/C10H15N3S/c14-10-2-1-9(7-12-10)8-13-5-3-11-4-6-13/h1-2,7,11H,3-6,8H2,(H,12,14). The molecule has 0 spiro atoms. The minimum absolute atomic E-state index is 0.786. The van der Waals surface area contributed by atoms with Crippen molar-refractivity contribution in [1.29, 1.82) is 0 Å². The first kappa shape index (κ1) is 9.96. The summed E-state index contributed by atoms with van der Waals surface area (Å²) in [6, 6.07) is 4.04. The molecule has 4 heteroatoms. The van der Waals surface area contributed by atoms with E-state index in [-0.39, 0.29) is 0 Å². The molecule has 0 radical (unpaired) electrons. The lowest BCUT2D eigenvalue weighted by molar-refractivity contribution is 0.233. The Hall–Kier alpha value is -0.580. The van der Waals surface area contributed by atoms with E-state index in [9.17, 15) is 0 Å². The Morgan fingerprint density at radius 3 is 2.79 bits per heavy atom. The van der Waals surface area contributed by atoms with E-state index >= 15 is 0 Å². The van der Waals surface area contributed by atoms with E-state index in [1.54, 1.807) is 0 Å². The van der Waals surface area contributed by atoms with Crippen LogP contribution in [-0.2, 0) is 6.54 Å². The topological polar surface area (TPSA) is 28.2 Å². The molecule has 0 saturated carbocycles. The SMILES string of the molecule is Sc1ccc(CN2CCNCC2)cn1. The lowest BCUT2D eigenvalue weighted by Crippen LogP contribution is -2.42. The molecule has 0 unspecified atom stereocenters. The fraction of sp³-hybridized carbons (Fsp3) is 0.500. The lowest BCUT2D eigenvalue weighted by Gasteiger charge is -2.26. The quantitative estimate of drug-likeness (QED) is 0.705. The van der Waals surface area contributed by atoms with E-state index in [4.69, 9.17) is 0 Å². The van der Waals surface area contributed by atoms with Crippen molar-refractivity contribution in [1.82, 2.24) is 15.2 Å². The fourth-order valence-electron chi connectivity index (χ4n) is 1.64. The predicted octanol–water partition coefficient (Wildman–Crippen LogP) is 0.775. The van der Waals surface area contributed by atoms with Gasteiger partial charge in [-0.15, -0.1) is 12.6 Å². The van der Waals surface area contributed by atoms with Crippen molar-refractivity contribution in [3.05, 3.63) is 23.9 Å². The first-order valence-electron chi connectivity index (χ1n) is 4.91. The Bertz CT molecular complexity index is 280. The molecule has 1 aromatic heterocycles. The molecule has 0 bridgehead atoms. The van der Waals surface area contributed by atoms with Crippen LogP contribution < -0.4 is 5.32 Å². The minimum atomic E-state index is 0.786. The third-order valence-electron chi connectivity index (χ3n) is 2.42. The van der Waals surface area contributed by atoms with Gasteiger partial charge in [-0.1, -0.05) is 6.07 Å². The molecular formula is C10H15N3S. The summed E-state index contributed by atoms with van der Waals surface area (Å²) < 4.78 is 0. The third-order valence-corrected chi connectivity index (χ3v) is 2.69. The van der Waals surface area contributed by atoms with E-state index in [1.165, 1.54) is 5.56 Å². The Labute approximate surface area is 89.9 Å². The Morgan fingerprint density at radius 2 is 2.14 bits per heavy atom. The second kappa shape index (κ2) is 4.77. The summed E-state index contributed by atoms with van der Waals surface area (Å²) in [7, 11) is 0. The van der Waals surface area contributed by atoms with Gasteiger partial charge in [0, 0.05) is 38.9 Å². The summed E-state index contributed by atoms with van der Waals surface area (Å²) >= 11 is 4.16. The third kappa shape index (κ3) is 2.70. The van der Waals surface area contributed by atoms with Crippen LogP contribution in [0.3, 0.4) is 0 Å². The summed E-state index contributed by atoms with van der Waals surface area (Å²) in [6.45, 7) is 5.45. The van der Waals surface area contributed by atoms with Gasteiger partial charge in [0.15, 0.2) is 0 Å². The summed E-state index contributed by atoms with van der Waals surface area (Å²) in [5.74, 6) is 0. The Balaban J connectivity index is 1.92. The largest absolute Gasteiger partial charge is 0.314 e. The number of nitrogens with one attached hydrogen (secondary N) is 1. The molecule has 1 aromatic rings. The van der Waals surface area contributed by atoms with E-state index in [0.29, 0.717) is 0 Å². The van der Waals surface area contributed by atoms with E-state index in [2.05, 4.69) is 33.9 Å². The molecule has 0 atom stereocenters. The molecule has 76 valence electrons. The van der Waals surface area contributed by atoms with Crippen LogP contribution in [0.25, 0.3) is 0 Å². The van der Waals surface area contributed by atoms with Crippen LogP contribution in [0.15, 0.2) is 23.4 Å². The zero-order chi connectivity index (χ0) is 9.80. The molecule has 2 rings (SSSR count). The van der Waals surface area contributed by atoms with Gasteiger partial charge in [0.1, 0.15) is 0 Å². The van der Waals surface area contributed by atoms with Crippen molar-refractivity contribution in [3.8, 4) is 0 Å². The fourth-order valence-corrected chi connectivity index (χ4v) is 1.77. The van der Waals surface area contributed by atoms with Crippen LogP contribution >= 0.6 is 12.6 Å². The predicted molar refractivity (Wildman–Crippen MR) is 59.6 cm³/mol. The van der Waals surface area contributed by atoms with E-state index in [1.807, 2.05) is 12.3 Å². The number of piperazine rings is 1. The Kier molecular flexibility index (Phi) is 3.39. The van der Waals surface area contributed by atoms with Gasteiger partial charge < -0.3 is 5.32 Å². The summed E-state index contributed by atoms with van der Waals surface area (Å²) in [5, 5.41) is 4.13. The van der Waals surface area contributed by atoms with Crippen molar-refractivity contribution in [2.45, 2.75) is 11.6 Å². The van der Waals surface area contributed by atoms with Crippen molar-refractivity contribution in [2.24, 2.45) is 0 Å². The Morgan fingerprint density at radius 1 is 1.36 bits per heavy atom. The normalized spacial score (nSPS) is 18.4. The van der Waals surface area contributed by atoms with E-state index in [0.717, 1.165) is 37.7 Å². The molecule has 1 aliphatic rings. The molecule has 0 aliphatic carbocycles. The highest BCUT2D eigenvalue weighted by molar-refractivity contribution is 7.80. The van der Waals surface area contributed by atoms with E-state index < -0.39 is 0 Å². The average molecular weight is 209 g/mol. The molecular weight excluding hydrogens is 194 g/mol. The number of nitrogens with zero attached hydrogens (tertiary/aromatic N) is 2. The van der Waals surface area contributed by atoms with Gasteiger partial charge >= 0.3 is 0 Å². The number of pyridine rings is 1. The summed E-state index contributed by atoms with van der Waals surface area (Å²) in [4.78, 5) is 6.60. The molecule has 14 heavy (non-hydrogen) atoms. The smallest absolute Gasteiger partial charge is 0.0929 e. The monoisotopic (exact) mass is 209 g/mol. The van der Waals surface area contributed by atoms with Gasteiger partial charge in [0.2, 0.25) is 0 Å². The zero-order valence-corrected chi connectivity index (χ0v) is 9.00. The zero-order valence-electron chi connectivity index (χ0n) is 8.11. The van der Waals surface area contributed by atoms with Gasteiger partial charge in [-0.25, -0.2) is 4.98 Å². The van der Waals surface area contributed by atoms with Gasteiger partial charge in [0.05, 0.1) is 5.03 Å². The van der Waals surface area contributed by atoms with Crippen molar-refractivity contribution in [3.63, 3.8) is 0 Å². The van der Waals surface area contributed by atoms with Crippen molar-refractivity contribution >= 4 is 12.6 Å². The van der Waals surface area contributed by atoms with Gasteiger partial charge in [-0.2, -0.15) is 0 Å². The molecule has 3 nitrogen and oxygen atoms in total. The minimum Gasteiger partial charge on any atom is -0.314 e. The number of hydrogen-bond acceptors (Lipinski definition) is 4. The summed E-state index contributed by atoms with van der Waals surface area (Å²) in [6.07, 6.45) is 1.91. The van der Waals surface area contributed by atoms with Crippen LogP contribution in [0.2, 0.25) is 0 Å². The highest BCUT2D eigenvalue weighted by atomic mass is 32.1. The number of thiol groups is 1. The first-order valence-corrected chi connectivity index (χ1v) is 5.36. The van der Waals surface area contributed by atoms with Gasteiger partial charge in [-0.05, 0) is 11.6 Å². The summed E-state index contributed by atoms with van der Waals surface area (Å²) in [5.41, 5.74) is 1.27. The second-order valence-electron chi connectivity index (χ2n) is 3.55. The van der Waals surface area contributed by atoms with Crippen molar-refractivity contribution < 1.29 is 0 Å². The van der Waals surface area contributed by atoms with Gasteiger partial charge in [-0.3, -0.25) is 4.90 Å². The molecule has 0 amide bonds. The van der Waals surface area contributed by atoms with Crippen molar-refractivity contribution in [2.75, 3.05) is 26.2 Å². The number of hydrogen-bond donors (Lipinski definition) is 2. The van der Waals surface area contributed by atoms with Crippen LogP contribution in [0.4, 0.5) is 0 Å². The molecule has 1 aliphatic heterocycles.